The Labute approximate surface area is 143 Å². The van der Waals surface area contributed by atoms with Crippen molar-refractivity contribution < 1.29 is 4.74 Å². The minimum Gasteiger partial charge on any atom is -0.494 e. The zero-order valence-corrected chi connectivity index (χ0v) is 14.6. The number of pyridine rings is 1. The maximum atomic E-state index is 5.43. The van der Waals surface area contributed by atoms with Crippen molar-refractivity contribution in [1.29, 1.82) is 0 Å². The number of ether oxygens (including phenoxy) is 1. The highest BCUT2D eigenvalue weighted by atomic mass is 35.5. The molecule has 3 aromatic rings. The minimum absolute atomic E-state index is 0. The molecule has 4 heteroatoms. The summed E-state index contributed by atoms with van der Waals surface area (Å²) in [6.45, 7) is 6.24. The van der Waals surface area contributed by atoms with E-state index in [1.807, 2.05) is 19.1 Å². The first-order valence-electron chi connectivity index (χ1n) is 7.37. The number of anilines is 2. The number of halogens is 1. The van der Waals surface area contributed by atoms with Crippen molar-refractivity contribution in [2.24, 2.45) is 0 Å². The first-order valence-corrected chi connectivity index (χ1v) is 7.37. The van der Waals surface area contributed by atoms with Gasteiger partial charge in [0.25, 0.3) is 0 Å². The van der Waals surface area contributed by atoms with Crippen LogP contribution in [0.4, 0.5) is 11.4 Å². The number of hydrogen-bond acceptors (Lipinski definition) is 3. The number of para-hydroxylation sites is 1. The van der Waals surface area contributed by atoms with Crippen LogP contribution in [-0.4, -0.2) is 12.1 Å². The fourth-order valence-corrected chi connectivity index (χ4v) is 2.59. The summed E-state index contributed by atoms with van der Waals surface area (Å²) in [4.78, 5) is 4.62. The predicted octanol–water partition coefficient (Wildman–Crippen LogP) is 5.33. The molecule has 0 amide bonds. The molecule has 23 heavy (non-hydrogen) atoms. The Balaban J connectivity index is 0.00000192. The second kappa shape index (κ2) is 6.88. The molecule has 0 saturated carbocycles. The molecule has 120 valence electrons. The van der Waals surface area contributed by atoms with Gasteiger partial charge in [0.05, 0.1) is 7.11 Å². The van der Waals surface area contributed by atoms with Gasteiger partial charge in [-0.25, -0.2) is 4.98 Å². The van der Waals surface area contributed by atoms with E-state index in [0.717, 1.165) is 33.7 Å². The fraction of sp³-hybridized carbons (Fsp3) is 0.211. The molecule has 3 rings (SSSR count). The maximum absolute atomic E-state index is 5.43. The number of nitrogens with one attached hydrogen (secondary N) is 1. The number of aryl methyl sites for hydroxylation is 3. The van der Waals surface area contributed by atoms with E-state index in [9.17, 15) is 0 Å². The summed E-state index contributed by atoms with van der Waals surface area (Å²) in [5.41, 5.74) is 6.54. The number of rotatable bonds is 3. The van der Waals surface area contributed by atoms with E-state index >= 15 is 0 Å². The first-order chi connectivity index (χ1) is 10.6. The van der Waals surface area contributed by atoms with Crippen LogP contribution in [0.2, 0.25) is 0 Å². The number of hydrogen-bond donors (Lipinski definition) is 1. The van der Waals surface area contributed by atoms with Gasteiger partial charge in [-0.1, -0.05) is 18.2 Å². The number of nitrogens with zero attached hydrogens (tertiary/aromatic N) is 1. The van der Waals surface area contributed by atoms with Gasteiger partial charge in [0.2, 0.25) is 0 Å². The third-order valence-electron chi connectivity index (χ3n) is 3.94. The van der Waals surface area contributed by atoms with Crippen molar-refractivity contribution in [3.8, 4) is 5.75 Å². The lowest BCUT2D eigenvalue weighted by Gasteiger charge is -2.13. The van der Waals surface area contributed by atoms with Crippen LogP contribution >= 0.6 is 12.4 Å². The number of aromatic nitrogens is 1. The lowest BCUT2D eigenvalue weighted by Crippen LogP contribution is -1.97. The monoisotopic (exact) mass is 328 g/mol. The summed E-state index contributed by atoms with van der Waals surface area (Å²) in [6, 6.07) is 14.5. The lowest BCUT2D eigenvalue weighted by atomic mass is 10.1. The van der Waals surface area contributed by atoms with Crippen molar-refractivity contribution in [2.75, 3.05) is 12.4 Å². The van der Waals surface area contributed by atoms with Crippen LogP contribution < -0.4 is 10.1 Å². The Hall–Kier alpha value is -2.26. The van der Waals surface area contributed by atoms with Gasteiger partial charge in [0, 0.05) is 22.5 Å². The van der Waals surface area contributed by atoms with Gasteiger partial charge in [-0.2, -0.15) is 0 Å². The molecule has 2 aromatic carbocycles. The van der Waals surface area contributed by atoms with Gasteiger partial charge in [-0.15, -0.1) is 12.4 Å². The second-order valence-corrected chi connectivity index (χ2v) is 5.59. The van der Waals surface area contributed by atoms with Gasteiger partial charge >= 0.3 is 0 Å². The summed E-state index contributed by atoms with van der Waals surface area (Å²) in [7, 11) is 1.68. The van der Waals surface area contributed by atoms with Crippen LogP contribution in [0.5, 0.6) is 5.75 Å². The average molecular weight is 329 g/mol. The van der Waals surface area contributed by atoms with E-state index in [-0.39, 0.29) is 12.4 Å². The van der Waals surface area contributed by atoms with Gasteiger partial charge in [0.1, 0.15) is 11.3 Å². The van der Waals surface area contributed by atoms with E-state index in [1.54, 1.807) is 7.11 Å². The van der Waals surface area contributed by atoms with E-state index in [0.29, 0.717) is 0 Å². The Morgan fingerprint density at radius 3 is 2.43 bits per heavy atom. The Bertz CT molecular complexity index is 846. The highest BCUT2D eigenvalue weighted by molar-refractivity contribution is 5.96. The quantitative estimate of drug-likeness (QED) is 0.705. The molecule has 0 radical (unpaired) electrons. The molecule has 0 saturated heterocycles. The number of benzene rings is 2. The number of methoxy groups -OCH3 is 1. The van der Waals surface area contributed by atoms with Crippen LogP contribution in [0.3, 0.4) is 0 Å². The standard InChI is InChI=1S/C19H20N2O.ClH/c1-12-8-9-15(10-13(12)2)21-17-11-14(3)20-19-16(17)6-5-7-18(19)22-4;/h5-11H,1-4H3,(H,20,21);1H. The molecular weight excluding hydrogens is 308 g/mol. The lowest BCUT2D eigenvalue weighted by molar-refractivity contribution is 0.419. The van der Waals surface area contributed by atoms with Crippen LogP contribution in [0.1, 0.15) is 16.8 Å². The van der Waals surface area contributed by atoms with Crippen molar-refractivity contribution in [3.63, 3.8) is 0 Å². The van der Waals surface area contributed by atoms with Crippen molar-refractivity contribution in [2.45, 2.75) is 20.8 Å². The van der Waals surface area contributed by atoms with Gasteiger partial charge in [0.15, 0.2) is 0 Å². The largest absolute Gasteiger partial charge is 0.494 e. The molecule has 1 N–H and O–H groups in total. The molecular formula is C19H21ClN2O. The first kappa shape index (κ1) is 17.1. The van der Waals surface area contributed by atoms with Gasteiger partial charge < -0.3 is 10.1 Å². The Morgan fingerprint density at radius 1 is 0.957 bits per heavy atom. The summed E-state index contributed by atoms with van der Waals surface area (Å²) in [6.07, 6.45) is 0. The molecule has 3 nitrogen and oxygen atoms in total. The third kappa shape index (κ3) is 3.40. The summed E-state index contributed by atoms with van der Waals surface area (Å²) in [5, 5.41) is 4.57. The minimum atomic E-state index is 0. The van der Waals surface area contributed by atoms with Crippen LogP contribution in [0, 0.1) is 20.8 Å². The second-order valence-electron chi connectivity index (χ2n) is 5.59. The molecule has 0 spiro atoms. The normalized spacial score (nSPS) is 10.3. The maximum Gasteiger partial charge on any atom is 0.145 e. The third-order valence-corrected chi connectivity index (χ3v) is 3.94. The number of fused-ring (bicyclic) bond motifs is 1. The van der Waals surface area contributed by atoms with Crippen molar-refractivity contribution >= 4 is 34.7 Å². The van der Waals surface area contributed by atoms with Crippen LogP contribution in [0.15, 0.2) is 42.5 Å². The molecule has 0 aliphatic rings. The zero-order valence-electron chi connectivity index (χ0n) is 13.8. The average Bonchev–Trinajstić information content (AvgIpc) is 2.50. The Morgan fingerprint density at radius 2 is 1.74 bits per heavy atom. The van der Waals surface area contributed by atoms with Crippen molar-refractivity contribution in [3.05, 3.63) is 59.3 Å². The van der Waals surface area contributed by atoms with Gasteiger partial charge in [-0.3, -0.25) is 0 Å². The summed E-state index contributed by atoms with van der Waals surface area (Å²) < 4.78 is 5.43. The molecule has 0 aliphatic heterocycles. The summed E-state index contributed by atoms with van der Waals surface area (Å²) in [5.74, 6) is 0.796. The molecule has 1 heterocycles. The van der Waals surface area contributed by atoms with E-state index < -0.39 is 0 Å². The van der Waals surface area contributed by atoms with Gasteiger partial charge in [-0.05, 0) is 56.2 Å². The zero-order chi connectivity index (χ0) is 15.7. The highest BCUT2D eigenvalue weighted by Gasteiger charge is 2.09. The summed E-state index contributed by atoms with van der Waals surface area (Å²) >= 11 is 0. The fourth-order valence-electron chi connectivity index (χ4n) is 2.59. The molecule has 0 fully saturated rings. The highest BCUT2D eigenvalue weighted by Crippen LogP contribution is 2.31. The van der Waals surface area contributed by atoms with Crippen LogP contribution in [0.25, 0.3) is 10.9 Å². The van der Waals surface area contributed by atoms with Crippen LogP contribution in [-0.2, 0) is 0 Å². The molecule has 0 atom stereocenters. The molecule has 0 unspecified atom stereocenters. The molecule has 0 bridgehead atoms. The smallest absolute Gasteiger partial charge is 0.145 e. The SMILES string of the molecule is COc1cccc2c(Nc3ccc(C)c(C)c3)cc(C)nc12.Cl. The predicted molar refractivity (Wildman–Crippen MR) is 99.5 cm³/mol. The Kier molecular flexibility index (Phi) is 5.12. The topological polar surface area (TPSA) is 34.1 Å². The molecule has 1 aromatic heterocycles. The van der Waals surface area contributed by atoms with E-state index in [1.165, 1.54) is 11.1 Å². The van der Waals surface area contributed by atoms with E-state index in [2.05, 4.69) is 54.5 Å². The van der Waals surface area contributed by atoms with Crippen molar-refractivity contribution in [1.82, 2.24) is 4.98 Å². The molecule has 0 aliphatic carbocycles. The van der Waals surface area contributed by atoms with E-state index in [4.69, 9.17) is 4.74 Å².